The summed E-state index contributed by atoms with van der Waals surface area (Å²) in [6.07, 6.45) is 0. The maximum Gasteiger partial charge on any atom is 0.321 e. The van der Waals surface area contributed by atoms with E-state index in [4.69, 9.17) is 17.3 Å². The van der Waals surface area contributed by atoms with E-state index < -0.39 is 11.8 Å². The van der Waals surface area contributed by atoms with Gasteiger partial charge < -0.3 is 16.0 Å². The number of amides is 2. The number of anilines is 4. The van der Waals surface area contributed by atoms with E-state index in [9.17, 15) is 9.18 Å². The van der Waals surface area contributed by atoms with Crippen LogP contribution in [0.25, 0.3) is 10.3 Å². The smallest absolute Gasteiger partial charge is 0.321 e. The number of urea groups is 1. The Kier molecular flexibility index (Phi) is 5.88. The lowest BCUT2D eigenvalue weighted by atomic mass is 10.2. The second-order valence-electron chi connectivity index (χ2n) is 6.67. The zero-order valence-corrected chi connectivity index (χ0v) is 18.0. The van der Waals surface area contributed by atoms with E-state index in [0.717, 1.165) is 5.56 Å². The number of nitrogen functional groups attached to an aromatic ring is 1. The van der Waals surface area contributed by atoms with E-state index in [2.05, 4.69) is 20.6 Å². The highest BCUT2D eigenvalue weighted by Gasteiger charge is 2.14. The Morgan fingerprint density at radius 1 is 1.19 bits per heavy atom. The molecule has 7 nitrogen and oxygen atoms in total. The number of rotatable bonds is 5. The van der Waals surface area contributed by atoms with Gasteiger partial charge in [0, 0.05) is 24.3 Å². The van der Waals surface area contributed by atoms with Gasteiger partial charge in [-0.05, 0) is 42.0 Å². The monoisotopic (exact) mass is 456 g/mol. The largest absolute Gasteiger partial charge is 0.398 e. The Morgan fingerprint density at radius 2 is 2.00 bits per heavy atom. The molecule has 0 radical (unpaired) electrons. The molecule has 0 saturated carbocycles. The summed E-state index contributed by atoms with van der Waals surface area (Å²) in [5.41, 5.74) is 8.29. The maximum atomic E-state index is 14.2. The van der Waals surface area contributed by atoms with Crippen molar-refractivity contribution in [2.45, 2.75) is 6.54 Å². The van der Waals surface area contributed by atoms with Gasteiger partial charge >= 0.3 is 6.03 Å². The number of pyridine rings is 1. The number of hydrogen-bond acceptors (Lipinski definition) is 6. The van der Waals surface area contributed by atoms with Gasteiger partial charge in [-0.1, -0.05) is 41.1 Å². The first-order chi connectivity index (χ1) is 14.9. The van der Waals surface area contributed by atoms with Crippen LogP contribution in [-0.2, 0) is 6.54 Å². The topological polar surface area (TPSA) is 96.2 Å². The molecule has 31 heavy (non-hydrogen) atoms. The number of nitrogens with two attached hydrogens (primary N) is 1. The molecule has 158 valence electrons. The zero-order chi connectivity index (χ0) is 22.0. The molecule has 0 unspecified atom stereocenters. The molecule has 0 atom stereocenters. The minimum atomic E-state index is -0.445. The number of fused-ring (bicyclic) bond motifs is 1. The van der Waals surface area contributed by atoms with Crippen LogP contribution in [0.5, 0.6) is 0 Å². The van der Waals surface area contributed by atoms with Crippen LogP contribution < -0.4 is 21.3 Å². The number of hydrogen-bond donors (Lipinski definition) is 3. The van der Waals surface area contributed by atoms with Crippen molar-refractivity contribution in [1.82, 2.24) is 15.3 Å². The molecule has 0 fully saturated rings. The molecule has 2 aromatic carbocycles. The predicted octanol–water partition coefficient (Wildman–Crippen LogP) is 5.16. The number of aromatic nitrogens is 2. The third-order valence-electron chi connectivity index (χ3n) is 4.57. The van der Waals surface area contributed by atoms with Crippen LogP contribution >= 0.6 is 22.9 Å². The summed E-state index contributed by atoms with van der Waals surface area (Å²) in [4.78, 5) is 23.4. The number of nitrogens with zero attached hydrogens (tertiary/aromatic N) is 3. The summed E-state index contributed by atoms with van der Waals surface area (Å²) < 4.78 is 14.2. The van der Waals surface area contributed by atoms with Gasteiger partial charge in [0.1, 0.15) is 22.0 Å². The molecule has 0 saturated heterocycles. The van der Waals surface area contributed by atoms with Crippen LogP contribution in [0, 0.1) is 5.82 Å². The predicted molar refractivity (Wildman–Crippen MR) is 124 cm³/mol. The molecule has 4 rings (SSSR count). The van der Waals surface area contributed by atoms with Crippen molar-refractivity contribution in [2.75, 3.05) is 23.0 Å². The number of carbonyl (C=O) groups is 1. The normalized spacial score (nSPS) is 10.8. The van der Waals surface area contributed by atoms with Crippen molar-refractivity contribution >= 4 is 61.6 Å². The minimum Gasteiger partial charge on any atom is -0.398 e. The highest BCUT2D eigenvalue weighted by Crippen LogP contribution is 2.31. The lowest BCUT2D eigenvalue weighted by Gasteiger charge is -2.18. The Hall–Kier alpha value is -3.43. The Morgan fingerprint density at radius 3 is 2.77 bits per heavy atom. The van der Waals surface area contributed by atoms with Crippen LogP contribution in [0.1, 0.15) is 5.56 Å². The van der Waals surface area contributed by atoms with Crippen LogP contribution in [-0.4, -0.2) is 23.0 Å². The molecule has 4 aromatic rings. The van der Waals surface area contributed by atoms with E-state index in [1.807, 2.05) is 18.2 Å². The Labute approximate surface area is 186 Å². The first-order valence-corrected chi connectivity index (χ1v) is 10.4. The van der Waals surface area contributed by atoms with E-state index in [1.54, 1.807) is 42.3 Å². The number of carbonyl (C=O) groups excluding carboxylic acids is 1. The quantitative estimate of drug-likeness (QED) is 0.361. The van der Waals surface area contributed by atoms with Crippen LogP contribution in [0.2, 0.25) is 5.02 Å². The fourth-order valence-corrected chi connectivity index (χ4v) is 3.92. The molecular weight excluding hydrogens is 439 g/mol. The lowest BCUT2D eigenvalue weighted by molar-refractivity contribution is 0.252. The molecule has 0 bridgehead atoms. The average molecular weight is 457 g/mol. The number of para-hydroxylation sites is 1. The summed E-state index contributed by atoms with van der Waals surface area (Å²) in [6.45, 7) is 0.295. The summed E-state index contributed by atoms with van der Waals surface area (Å²) in [6, 6.07) is 14.9. The van der Waals surface area contributed by atoms with Gasteiger partial charge in [-0.15, -0.1) is 0 Å². The molecular formula is C21H18ClFN6OS. The van der Waals surface area contributed by atoms with E-state index in [-0.39, 0.29) is 0 Å². The van der Waals surface area contributed by atoms with E-state index in [0.29, 0.717) is 44.2 Å². The third kappa shape index (κ3) is 4.68. The number of benzene rings is 2. The first kappa shape index (κ1) is 20.8. The maximum absolute atomic E-state index is 14.2. The van der Waals surface area contributed by atoms with Crippen LogP contribution in [0.3, 0.4) is 0 Å². The summed E-state index contributed by atoms with van der Waals surface area (Å²) in [7, 11) is 1.71. The van der Waals surface area contributed by atoms with Crippen molar-refractivity contribution in [3.05, 3.63) is 71.0 Å². The molecule has 0 aliphatic rings. The Bertz CT molecular complexity index is 1260. The highest BCUT2D eigenvalue weighted by atomic mass is 35.5. The van der Waals surface area contributed by atoms with Crippen LogP contribution in [0.15, 0.2) is 54.6 Å². The van der Waals surface area contributed by atoms with Crippen molar-refractivity contribution in [2.24, 2.45) is 0 Å². The molecule has 0 aliphatic heterocycles. The van der Waals surface area contributed by atoms with E-state index >= 15 is 0 Å². The summed E-state index contributed by atoms with van der Waals surface area (Å²) in [5, 5.41) is 6.18. The summed E-state index contributed by atoms with van der Waals surface area (Å²) >= 11 is 7.05. The van der Waals surface area contributed by atoms with Crippen molar-refractivity contribution in [3.63, 3.8) is 0 Å². The van der Waals surface area contributed by atoms with Gasteiger partial charge in [-0.3, -0.25) is 5.32 Å². The van der Waals surface area contributed by atoms with E-state index in [1.165, 1.54) is 17.4 Å². The molecule has 2 heterocycles. The van der Waals surface area contributed by atoms with Crippen LogP contribution in [0.4, 0.5) is 31.5 Å². The van der Waals surface area contributed by atoms with Gasteiger partial charge in [0.05, 0.1) is 5.69 Å². The van der Waals surface area contributed by atoms with Gasteiger partial charge in [-0.25, -0.2) is 19.2 Å². The minimum absolute atomic E-state index is 0.295. The SMILES string of the molecule is CN(c1ccc2nc(NC(=O)NCc3ccccc3N)sc2n1)c1ccc(Cl)cc1F. The average Bonchev–Trinajstić information content (AvgIpc) is 3.14. The van der Waals surface area contributed by atoms with Crippen molar-refractivity contribution in [3.8, 4) is 0 Å². The molecule has 4 N–H and O–H groups in total. The number of thiazole rings is 1. The molecule has 10 heteroatoms. The molecule has 2 aromatic heterocycles. The fourth-order valence-electron chi connectivity index (χ4n) is 2.94. The molecule has 0 aliphatic carbocycles. The standard InChI is InChI=1S/C21H18ClFN6OS/c1-29(17-8-6-13(22)10-14(17)23)18-9-7-16-19(27-18)31-21(26-16)28-20(30)25-11-12-4-2-3-5-15(12)24/h2-10H,11,24H2,1H3,(H2,25,26,28,30). The van der Waals surface area contributed by atoms with Gasteiger partial charge in [0.25, 0.3) is 0 Å². The molecule has 2 amide bonds. The zero-order valence-electron chi connectivity index (χ0n) is 16.4. The van der Waals surface area contributed by atoms with Crippen molar-refractivity contribution in [1.29, 1.82) is 0 Å². The number of halogens is 2. The van der Waals surface area contributed by atoms with Gasteiger partial charge in [0.15, 0.2) is 5.13 Å². The number of nitrogens with one attached hydrogen (secondary N) is 2. The molecule has 0 spiro atoms. The summed E-state index contributed by atoms with van der Waals surface area (Å²) in [5.74, 6) is 0.0900. The highest BCUT2D eigenvalue weighted by molar-refractivity contribution is 7.22. The third-order valence-corrected chi connectivity index (χ3v) is 5.69. The second-order valence-corrected chi connectivity index (χ2v) is 8.09. The second kappa shape index (κ2) is 8.75. The van der Waals surface area contributed by atoms with Gasteiger partial charge in [-0.2, -0.15) is 0 Å². The fraction of sp³-hybridized carbons (Fsp3) is 0.0952. The van der Waals surface area contributed by atoms with Crippen molar-refractivity contribution < 1.29 is 9.18 Å². The Balaban J connectivity index is 1.47. The van der Waals surface area contributed by atoms with Gasteiger partial charge in [0.2, 0.25) is 0 Å². The first-order valence-electron chi connectivity index (χ1n) is 9.25. The lowest BCUT2D eigenvalue weighted by Crippen LogP contribution is -2.28.